The smallest absolute Gasteiger partial charge is 0.161 e. The van der Waals surface area contributed by atoms with Crippen LogP contribution in [0.1, 0.15) is 6.92 Å². The SMILES string of the molecule is CC1=CC2=CC(O)=C(O)C=C(O)C2=CO1. The molecule has 0 bridgehead atoms. The van der Waals surface area contributed by atoms with Crippen LogP contribution >= 0.6 is 0 Å². The minimum absolute atomic E-state index is 0.147. The second-order valence-corrected chi connectivity index (χ2v) is 3.30. The Morgan fingerprint density at radius 1 is 1.00 bits per heavy atom. The number of aliphatic hydroxyl groups excluding tert-OH is 3. The maximum atomic E-state index is 9.60. The van der Waals surface area contributed by atoms with Crippen molar-refractivity contribution in [2.24, 2.45) is 0 Å². The van der Waals surface area contributed by atoms with E-state index in [0.29, 0.717) is 16.9 Å². The van der Waals surface area contributed by atoms with Crippen molar-refractivity contribution in [2.45, 2.75) is 6.92 Å². The van der Waals surface area contributed by atoms with Crippen molar-refractivity contribution in [3.8, 4) is 0 Å². The van der Waals surface area contributed by atoms with Crippen LogP contribution in [0.2, 0.25) is 0 Å². The summed E-state index contributed by atoms with van der Waals surface area (Å²) in [5.74, 6) is -0.161. The van der Waals surface area contributed by atoms with E-state index in [1.807, 2.05) is 0 Å². The highest BCUT2D eigenvalue weighted by atomic mass is 16.5. The zero-order valence-electron chi connectivity index (χ0n) is 8.06. The lowest BCUT2D eigenvalue weighted by Crippen LogP contribution is -1.99. The first kappa shape index (κ1) is 9.45. The molecule has 0 aromatic heterocycles. The monoisotopic (exact) mass is 206 g/mol. The normalized spacial score (nSPS) is 20.3. The van der Waals surface area contributed by atoms with Crippen LogP contribution in [0.3, 0.4) is 0 Å². The third-order valence-corrected chi connectivity index (χ3v) is 2.14. The van der Waals surface area contributed by atoms with Gasteiger partial charge in [-0.1, -0.05) is 0 Å². The molecule has 0 spiro atoms. The van der Waals surface area contributed by atoms with E-state index in [1.54, 1.807) is 13.0 Å². The van der Waals surface area contributed by atoms with Crippen LogP contribution < -0.4 is 0 Å². The van der Waals surface area contributed by atoms with Crippen molar-refractivity contribution in [3.05, 3.63) is 58.7 Å². The molecule has 15 heavy (non-hydrogen) atoms. The Hall–Kier alpha value is -2.10. The molecule has 0 aromatic rings. The minimum Gasteiger partial charge on any atom is -0.507 e. The number of hydrogen-bond donors (Lipinski definition) is 3. The molecule has 1 aliphatic carbocycles. The van der Waals surface area contributed by atoms with Crippen molar-refractivity contribution in [1.29, 1.82) is 0 Å². The molecule has 4 nitrogen and oxygen atoms in total. The number of fused-ring (bicyclic) bond motifs is 1. The van der Waals surface area contributed by atoms with E-state index in [4.69, 9.17) is 4.74 Å². The maximum Gasteiger partial charge on any atom is 0.161 e. The van der Waals surface area contributed by atoms with Gasteiger partial charge in [0.15, 0.2) is 11.5 Å². The molecule has 0 radical (unpaired) electrons. The third kappa shape index (κ3) is 1.61. The fourth-order valence-electron chi connectivity index (χ4n) is 1.38. The Morgan fingerprint density at radius 2 is 1.67 bits per heavy atom. The molecule has 0 amide bonds. The summed E-state index contributed by atoms with van der Waals surface area (Å²) in [5.41, 5.74) is 1.02. The molecule has 1 heterocycles. The van der Waals surface area contributed by atoms with Gasteiger partial charge in [-0.15, -0.1) is 0 Å². The zero-order chi connectivity index (χ0) is 11.0. The van der Waals surface area contributed by atoms with Gasteiger partial charge < -0.3 is 20.1 Å². The minimum atomic E-state index is -0.374. The molecular weight excluding hydrogens is 196 g/mol. The van der Waals surface area contributed by atoms with Gasteiger partial charge in [-0.2, -0.15) is 0 Å². The number of rotatable bonds is 0. The second kappa shape index (κ2) is 3.24. The number of ether oxygens (including phenoxy) is 1. The Balaban J connectivity index is 2.58. The molecule has 0 saturated carbocycles. The Morgan fingerprint density at radius 3 is 2.40 bits per heavy atom. The van der Waals surface area contributed by atoms with Crippen molar-refractivity contribution in [3.63, 3.8) is 0 Å². The Bertz CT molecular complexity index is 461. The highest BCUT2D eigenvalue weighted by Crippen LogP contribution is 2.29. The lowest BCUT2D eigenvalue weighted by Gasteiger charge is -2.13. The van der Waals surface area contributed by atoms with Gasteiger partial charge >= 0.3 is 0 Å². The van der Waals surface area contributed by atoms with E-state index in [9.17, 15) is 15.3 Å². The predicted molar refractivity (Wildman–Crippen MR) is 54.0 cm³/mol. The first-order valence-electron chi connectivity index (χ1n) is 4.38. The van der Waals surface area contributed by atoms with E-state index in [1.165, 1.54) is 12.3 Å². The molecule has 2 aliphatic rings. The summed E-state index contributed by atoms with van der Waals surface area (Å²) >= 11 is 0. The second-order valence-electron chi connectivity index (χ2n) is 3.30. The van der Waals surface area contributed by atoms with Crippen LogP contribution in [-0.2, 0) is 4.74 Å². The first-order valence-corrected chi connectivity index (χ1v) is 4.38. The molecule has 4 heteroatoms. The standard InChI is InChI=1S/C11H10O4/c1-6-2-7-3-10(13)11(14)4-9(12)8(7)5-15-6/h2-5,12-14H,1H3. The molecule has 2 rings (SSSR count). The van der Waals surface area contributed by atoms with Gasteiger partial charge in [0.1, 0.15) is 17.8 Å². The number of allylic oxidation sites excluding steroid dienone is 5. The summed E-state index contributed by atoms with van der Waals surface area (Å²) in [4.78, 5) is 0. The summed E-state index contributed by atoms with van der Waals surface area (Å²) in [7, 11) is 0. The highest BCUT2D eigenvalue weighted by molar-refractivity contribution is 5.56. The van der Waals surface area contributed by atoms with E-state index < -0.39 is 0 Å². The summed E-state index contributed by atoms with van der Waals surface area (Å²) in [6.45, 7) is 1.75. The molecule has 78 valence electrons. The Kier molecular flexibility index (Phi) is 2.04. The van der Waals surface area contributed by atoms with E-state index in [2.05, 4.69) is 0 Å². The average molecular weight is 206 g/mol. The van der Waals surface area contributed by atoms with Crippen molar-refractivity contribution in [1.82, 2.24) is 0 Å². The van der Waals surface area contributed by atoms with Crippen molar-refractivity contribution >= 4 is 0 Å². The van der Waals surface area contributed by atoms with Crippen LogP contribution in [0.25, 0.3) is 0 Å². The number of aliphatic hydroxyl groups is 3. The summed E-state index contributed by atoms with van der Waals surface area (Å²) in [6, 6.07) is 0. The summed E-state index contributed by atoms with van der Waals surface area (Å²) < 4.78 is 5.12. The number of hydrogen-bond acceptors (Lipinski definition) is 4. The first-order chi connectivity index (χ1) is 7.08. The third-order valence-electron chi connectivity index (χ3n) is 2.14. The van der Waals surface area contributed by atoms with Crippen LogP contribution in [0.15, 0.2) is 58.7 Å². The molecule has 0 aromatic carbocycles. The van der Waals surface area contributed by atoms with E-state index in [0.717, 1.165) is 6.08 Å². The lowest BCUT2D eigenvalue weighted by molar-refractivity contribution is 0.335. The summed E-state index contributed by atoms with van der Waals surface area (Å²) in [6.07, 6.45) is 5.47. The van der Waals surface area contributed by atoms with Gasteiger partial charge in [0.2, 0.25) is 0 Å². The highest BCUT2D eigenvalue weighted by Gasteiger charge is 2.18. The molecule has 1 aliphatic heterocycles. The fraction of sp³-hybridized carbons (Fsp3) is 0.0909. The fourth-order valence-corrected chi connectivity index (χ4v) is 1.38. The van der Waals surface area contributed by atoms with Gasteiger partial charge in [0, 0.05) is 6.08 Å². The van der Waals surface area contributed by atoms with Gasteiger partial charge in [-0.25, -0.2) is 0 Å². The van der Waals surface area contributed by atoms with Gasteiger partial charge in [-0.05, 0) is 24.6 Å². The topological polar surface area (TPSA) is 69.9 Å². The van der Waals surface area contributed by atoms with Crippen molar-refractivity contribution in [2.75, 3.05) is 0 Å². The van der Waals surface area contributed by atoms with Crippen LogP contribution in [0.4, 0.5) is 0 Å². The van der Waals surface area contributed by atoms with E-state index in [-0.39, 0.29) is 17.3 Å². The van der Waals surface area contributed by atoms with Crippen LogP contribution in [-0.4, -0.2) is 15.3 Å². The van der Waals surface area contributed by atoms with Gasteiger partial charge in [0.25, 0.3) is 0 Å². The molecular formula is C11H10O4. The van der Waals surface area contributed by atoms with Gasteiger partial charge in [0.05, 0.1) is 5.57 Å². The quantitative estimate of drug-likeness (QED) is 0.569. The lowest BCUT2D eigenvalue weighted by atomic mass is 10.0. The molecule has 0 fully saturated rings. The predicted octanol–water partition coefficient (Wildman–Crippen LogP) is 2.51. The molecule has 0 saturated heterocycles. The molecule has 0 atom stereocenters. The van der Waals surface area contributed by atoms with Crippen LogP contribution in [0, 0.1) is 0 Å². The summed E-state index contributed by atoms with van der Waals surface area (Å²) in [5, 5.41) is 28.3. The molecule has 3 N–H and O–H groups in total. The maximum absolute atomic E-state index is 9.60. The van der Waals surface area contributed by atoms with Gasteiger partial charge in [-0.3, -0.25) is 0 Å². The Labute approximate surface area is 86.4 Å². The largest absolute Gasteiger partial charge is 0.507 e. The van der Waals surface area contributed by atoms with E-state index >= 15 is 0 Å². The zero-order valence-corrected chi connectivity index (χ0v) is 8.06. The van der Waals surface area contributed by atoms with Crippen molar-refractivity contribution < 1.29 is 20.1 Å². The van der Waals surface area contributed by atoms with Crippen LogP contribution in [0.5, 0.6) is 0 Å². The molecule has 0 unspecified atom stereocenters. The average Bonchev–Trinajstić information content (AvgIpc) is 2.25.